The average molecular weight is 322 g/mol. The maximum atomic E-state index is 11.7. The number of amides is 1. The summed E-state index contributed by atoms with van der Waals surface area (Å²) in [5.41, 5.74) is 3.37. The second-order valence-electron chi connectivity index (χ2n) is 4.66. The van der Waals surface area contributed by atoms with E-state index in [0.717, 1.165) is 17.1 Å². The summed E-state index contributed by atoms with van der Waals surface area (Å²) >= 11 is 1.38. The molecule has 4 nitrogen and oxygen atoms in total. The quantitative estimate of drug-likeness (QED) is 0.562. The van der Waals surface area contributed by atoms with E-state index >= 15 is 0 Å². The van der Waals surface area contributed by atoms with Gasteiger partial charge < -0.3 is 4.74 Å². The van der Waals surface area contributed by atoms with E-state index in [9.17, 15) is 4.79 Å². The number of nitrogens with one attached hydrogen (secondary N) is 1. The maximum Gasteiger partial charge on any atom is 0.281 e. The predicted molar refractivity (Wildman–Crippen MR) is 92.3 cm³/mol. The first-order valence-electron chi connectivity index (χ1n) is 7.01. The van der Waals surface area contributed by atoms with Crippen LogP contribution in [0.5, 0.6) is 11.5 Å². The van der Waals surface area contributed by atoms with Crippen LogP contribution in [0.15, 0.2) is 77.2 Å². The Morgan fingerprint density at radius 3 is 2.39 bits per heavy atom. The number of ether oxygens (including phenoxy) is 1. The van der Waals surface area contributed by atoms with Crippen molar-refractivity contribution in [3.63, 3.8) is 0 Å². The number of hydrogen-bond donors (Lipinski definition) is 1. The highest BCUT2D eigenvalue weighted by molar-refractivity contribution is 7.12. The summed E-state index contributed by atoms with van der Waals surface area (Å²) in [6, 6.07) is 20.6. The molecule has 1 amide bonds. The molecule has 0 aliphatic carbocycles. The van der Waals surface area contributed by atoms with Crippen LogP contribution >= 0.6 is 11.3 Å². The number of benzene rings is 2. The standard InChI is InChI=1S/C18H14N2O2S/c21-18(17-7-4-12-23-17)20-19-13-14-8-10-16(11-9-14)22-15-5-2-1-3-6-15/h1-13H,(H,20,21)/b19-13-. The van der Waals surface area contributed by atoms with Crippen LogP contribution < -0.4 is 10.2 Å². The van der Waals surface area contributed by atoms with Crippen LogP contribution in [-0.2, 0) is 0 Å². The SMILES string of the molecule is O=C(N/N=C\c1ccc(Oc2ccccc2)cc1)c1cccs1. The number of carbonyl (C=O) groups is 1. The van der Waals surface area contributed by atoms with Crippen molar-refractivity contribution in [2.45, 2.75) is 0 Å². The van der Waals surface area contributed by atoms with Gasteiger partial charge in [-0.3, -0.25) is 4.79 Å². The Hall–Kier alpha value is -2.92. The van der Waals surface area contributed by atoms with Crippen LogP contribution in [0.4, 0.5) is 0 Å². The third-order valence-electron chi connectivity index (χ3n) is 2.98. The molecule has 0 aliphatic heterocycles. The van der Waals surface area contributed by atoms with Crippen LogP contribution in [0.3, 0.4) is 0 Å². The summed E-state index contributed by atoms with van der Waals surface area (Å²) in [4.78, 5) is 12.4. The van der Waals surface area contributed by atoms with Gasteiger partial charge in [0.25, 0.3) is 5.91 Å². The lowest BCUT2D eigenvalue weighted by molar-refractivity contribution is 0.0959. The van der Waals surface area contributed by atoms with Crippen LogP contribution in [0.2, 0.25) is 0 Å². The molecule has 0 radical (unpaired) electrons. The van der Waals surface area contributed by atoms with E-state index in [1.165, 1.54) is 11.3 Å². The summed E-state index contributed by atoms with van der Waals surface area (Å²) in [6.45, 7) is 0. The number of para-hydroxylation sites is 1. The van der Waals surface area contributed by atoms with Crippen molar-refractivity contribution in [1.82, 2.24) is 5.43 Å². The maximum absolute atomic E-state index is 11.7. The molecule has 1 heterocycles. The zero-order valence-corrected chi connectivity index (χ0v) is 13.0. The minimum Gasteiger partial charge on any atom is -0.457 e. The van der Waals surface area contributed by atoms with Gasteiger partial charge in [0.15, 0.2) is 0 Å². The van der Waals surface area contributed by atoms with E-state index < -0.39 is 0 Å². The summed E-state index contributed by atoms with van der Waals surface area (Å²) in [5.74, 6) is 1.33. The molecule has 114 valence electrons. The van der Waals surface area contributed by atoms with Gasteiger partial charge in [0, 0.05) is 0 Å². The van der Waals surface area contributed by atoms with Crippen LogP contribution in [0.1, 0.15) is 15.2 Å². The normalized spacial score (nSPS) is 10.6. The molecule has 5 heteroatoms. The van der Waals surface area contributed by atoms with Crippen molar-refractivity contribution in [3.05, 3.63) is 82.6 Å². The molecule has 0 bridgehead atoms. The van der Waals surface area contributed by atoms with Gasteiger partial charge in [-0.1, -0.05) is 24.3 Å². The molecule has 0 saturated carbocycles. The molecule has 0 aliphatic rings. The van der Waals surface area contributed by atoms with E-state index in [0.29, 0.717) is 4.88 Å². The molecule has 0 unspecified atom stereocenters. The Morgan fingerprint density at radius 2 is 1.70 bits per heavy atom. The third-order valence-corrected chi connectivity index (χ3v) is 3.85. The molecule has 0 atom stereocenters. The van der Waals surface area contributed by atoms with Crippen molar-refractivity contribution in [3.8, 4) is 11.5 Å². The van der Waals surface area contributed by atoms with Crippen molar-refractivity contribution >= 4 is 23.5 Å². The molecular formula is C18H14N2O2S. The lowest BCUT2D eigenvalue weighted by Gasteiger charge is -2.05. The number of thiophene rings is 1. The van der Waals surface area contributed by atoms with Gasteiger partial charge in [0.05, 0.1) is 11.1 Å². The first-order valence-corrected chi connectivity index (χ1v) is 7.89. The fourth-order valence-electron chi connectivity index (χ4n) is 1.87. The predicted octanol–water partition coefficient (Wildman–Crippen LogP) is 4.30. The van der Waals surface area contributed by atoms with Crippen LogP contribution in [0.25, 0.3) is 0 Å². The highest BCUT2D eigenvalue weighted by Gasteiger charge is 2.03. The molecular weight excluding hydrogens is 308 g/mol. The molecule has 0 saturated heterocycles. The van der Waals surface area contributed by atoms with Crippen LogP contribution in [0, 0.1) is 0 Å². The topological polar surface area (TPSA) is 50.7 Å². The molecule has 1 aromatic heterocycles. The van der Waals surface area contributed by atoms with Gasteiger partial charge >= 0.3 is 0 Å². The summed E-state index contributed by atoms with van der Waals surface area (Å²) in [5, 5.41) is 5.80. The Labute approximate surface area is 138 Å². The molecule has 1 N–H and O–H groups in total. The monoisotopic (exact) mass is 322 g/mol. The van der Waals surface area contributed by atoms with Gasteiger partial charge in [-0.2, -0.15) is 5.10 Å². The number of nitrogens with zero attached hydrogens (tertiary/aromatic N) is 1. The first kappa shape index (κ1) is 15.0. The van der Waals surface area contributed by atoms with E-state index in [-0.39, 0.29) is 5.91 Å². The van der Waals surface area contributed by atoms with E-state index in [1.807, 2.05) is 66.0 Å². The van der Waals surface area contributed by atoms with Crippen molar-refractivity contribution in [2.24, 2.45) is 5.10 Å². The van der Waals surface area contributed by atoms with Crippen LogP contribution in [-0.4, -0.2) is 12.1 Å². The number of carbonyl (C=O) groups excluding carboxylic acids is 1. The average Bonchev–Trinajstić information content (AvgIpc) is 3.12. The molecule has 0 fully saturated rings. The van der Waals surface area contributed by atoms with Gasteiger partial charge in [0.1, 0.15) is 11.5 Å². The zero-order valence-electron chi connectivity index (χ0n) is 12.2. The van der Waals surface area contributed by atoms with Gasteiger partial charge in [-0.05, 0) is 53.4 Å². The Balaban J connectivity index is 1.57. The highest BCUT2D eigenvalue weighted by atomic mass is 32.1. The number of hydrazone groups is 1. The van der Waals surface area contributed by atoms with Gasteiger partial charge in [0.2, 0.25) is 0 Å². The summed E-state index contributed by atoms with van der Waals surface area (Å²) in [6.07, 6.45) is 1.60. The van der Waals surface area contributed by atoms with Crippen molar-refractivity contribution in [1.29, 1.82) is 0 Å². The second-order valence-corrected chi connectivity index (χ2v) is 5.61. The Kier molecular flexibility index (Phi) is 4.81. The minimum atomic E-state index is -0.208. The summed E-state index contributed by atoms with van der Waals surface area (Å²) in [7, 11) is 0. The minimum absolute atomic E-state index is 0.208. The van der Waals surface area contributed by atoms with Crippen molar-refractivity contribution < 1.29 is 9.53 Å². The van der Waals surface area contributed by atoms with Gasteiger partial charge in [-0.25, -0.2) is 5.43 Å². The Morgan fingerprint density at radius 1 is 0.957 bits per heavy atom. The summed E-state index contributed by atoms with van der Waals surface area (Å²) < 4.78 is 5.71. The number of rotatable bonds is 5. The van der Waals surface area contributed by atoms with E-state index in [4.69, 9.17) is 4.74 Å². The Bertz CT molecular complexity index is 782. The fraction of sp³-hybridized carbons (Fsp3) is 0. The molecule has 3 aromatic rings. The smallest absolute Gasteiger partial charge is 0.281 e. The van der Waals surface area contributed by atoms with Crippen molar-refractivity contribution in [2.75, 3.05) is 0 Å². The van der Waals surface area contributed by atoms with E-state index in [2.05, 4.69) is 10.5 Å². The molecule has 0 spiro atoms. The largest absolute Gasteiger partial charge is 0.457 e. The molecule has 23 heavy (non-hydrogen) atoms. The lowest BCUT2D eigenvalue weighted by atomic mass is 10.2. The molecule has 2 aromatic carbocycles. The number of hydrogen-bond acceptors (Lipinski definition) is 4. The second kappa shape index (κ2) is 7.38. The fourth-order valence-corrected chi connectivity index (χ4v) is 2.49. The van der Waals surface area contributed by atoms with E-state index in [1.54, 1.807) is 12.3 Å². The third kappa shape index (κ3) is 4.28. The zero-order chi connectivity index (χ0) is 15.9. The highest BCUT2D eigenvalue weighted by Crippen LogP contribution is 2.20. The van der Waals surface area contributed by atoms with Gasteiger partial charge in [-0.15, -0.1) is 11.3 Å². The molecule has 3 rings (SSSR count). The lowest BCUT2D eigenvalue weighted by Crippen LogP contribution is -2.16. The first-order chi connectivity index (χ1) is 11.3.